The fourth-order valence-corrected chi connectivity index (χ4v) is 1.50. The van der Waals surface area contributed by atoms with Crippen molar-refractivity contribution in [1.82, 2.24) is 4.90 Å². The fourth-order valence-electron chi connectivity index (χ4n) is 1.50. The van der Waals surface area contributed by atoms with Crippen molar-refractivity contribution >= 4 is 11.9 Å². The molecule has 1 amide bonds. The summed E-state index contributed by atoms with van der Waals surface area (Å²) in [6.07, 6.45) is 3.65. The molecular formula is C12H24N2O3. The molecule has 0 saturated heterocycles. The van der Waals surface area contributed by atoms with Gasteiger partial charge in [-0.25, -0.2) is 0 Å². The van der Waals surface area contributed by atoms with Crippen molar-refractivity contribution < 1.29 is 14.3 Å². The number of methoxy groups -OCH3 is 1. The van der Waals surface area contributed by atoms with Crippen LogP contribution in [0.5, 0.6) is 0 Å². The van der Waals surface area contributed by atoms with Gasteiger partial charge in [-0.1, -0.05) is 19.8 Å². The van der Waals surface area contributed by atoms with E-state index in [0.29, 0.717) is 19.4 Å². The average molecular weight is 244 g/mol. The zero-order chi connectivity index (χ0) is 13.3. The van der Waals surface area contributed by atoms with Crippen LogP contribution in [0.1, 0.15) is 39.0 Å². The minimum Gasteiger partial charge on any atom is -0.469 e. The van der Waals surface area contributed by atoms with Gasteiger partial charge in [0.1, 0.15) is 0 Å². The van der Waals surface area contributed by atoms with E-state index >= 15 is 0 Å². The molecule has 2 N–H and O–H groups in total. The number of unbranched alkanes of at least 4 members (excludes halogenated alkanes) is 1. The normalized spacial score (nSPS) is 12.0. The molecule has 0 aliphatic heterocycles. The van der Waals surface area contributed by atoms with Crippen LogP contribution in [-0.4, -0.2) is 43.5 Å². The smallest absolute Gasteiger partial charge is 0.305 e. The van der Waals surface area contributed by atoms with E-state index in [4.69, 9.17) is 5.73 Å². The van der Waals surface area contributed by atoms with Gasteiger partial charge in [0.15, 0.2) is 0 Å². The molecule has 0 bridgehead atoms. The molecule has 0 aliphatic carbocycles. The number of nitrogens with zero attached hydrogens (tertiary/aromatic N) is 1. The van der Waals surface area contributed by atoms with Crippen LogP contribution in [0.3, 0.4) is 0 Å². The van der Waals surface area contributed by atoms with E-state index in [2.05, 4.69) is 11.7 Å². The highest BCUT2D eigenvalue weighted by molar-refractivity contribution is 5.81. The van der Waals surface area contributed by atoms with Gasteiger partial charge in [-0.15, -0.1) is 0 Å². The zero-order valence-corrected chi connectivity index (χ0v) is 11.1. The predicted molar refractivity (Wildman–Crippen MR) is 66.4 cm³/mol. The van der Waals surface area contributed by atoms with E-state index < -0.39 is 6.04 Å². The summed E-state index contributed by atoms with van der Waals surface area (Å²) < 4.78 is 4.53. The third-order valence-corrected chi connectivity index (χ3v) is 2.66. The summed E-state index contributed by atoms with van der Waals surface area (Å²) in [5.74, 6) is -0.301. The van der Waals surface area contributed by atoms with Gasteiger partial charge in [0.25, 0.3) is 0 Å². The molecule has 17 heavy (non-hydrogen) atoms. The van der Waals surface area contributed by atoms with Crippen LogP contribution in [0.25, 0.3) is 0 Å². The van der Waals surface area contributed by atoms with Crippen LogP contribution in [0.4, 0.5) is 0 Å². The maximum absolute atomic E-state index is 11.8. The van der Waals surface area contributed by atoms with E-state index in [1.54, 1.807) is 11.9 Å². The van der Waals surface area contributed by atoms with Crippen molar-refractivity contribution in [2.75, 3.05) is 20.7 Å². The van der Waals surface area contributed by atoms with E-state index in [1.807, 2.05) is 0 Å². The van der Waals surface area contributed by atoms with Gasteiger partial charge < -0.3 is 15.4 Å². The second-order valence-electron chi connectivity index (χ2n) is 4.19. The number of carbonyl (C=O) groups excluding carboxylic acids is 2. The molecule has 0 aromatic carbocycles. The monoisotopic (exact) mass is 244 g/mol. The van der Waals surface area contributed by atoms with Gasteiger partial charge in [0.05, 0.1) is 13.2 Å². The van der Waals surface area contributed by atoms with Crippen LogP contribution >= 0.6 is 0 Å². The molecule has 100 valence electrons. The van der Waals surface area contributed by atoms with Crippen LogP contribution in [0, 0.1) is 0 Å². The van der Waals surface area contributed by atoms with Gasteiger partial charge in [0, 0.05) is 20.0 Å². The number of amides is 1. The first kappa shape index (κ1) is 15.9. The standard InChI is InChI=1S/C12H24N2O3/c1-4-5-7-10(13)12(16)14(2)9-6-8-11(15)17-3/h10H,4-9,13H2,1-3H3/t10-/m0/s1. The topological polar surface area (TPSA) is 72.6 Å². The second-order valence-corrected chi connectivity index (χ2v) is 4.19. The number of likely N-dealkylation sites (N-methyl/N-ethyl adjacent to an activating group) is 1. The lowest BCUT2D eigenvalue weighted by molar-refractivity contribution is -0.141. The highest BCUT2D eigenvalue weighted by Gasteiger charge is 2.17. The highest BCUT2D eigenvalue weighted by atomic mass is 16.5. The van der Waals surface area contributed by atoms with Gasteiger partial charge in [-0.3, -0.25) is 9.59 Å². The van der Waals surface area contributed by atoms with Gasteiger partial charge in [-0.2, -0.15) is 0 Å². The highest BCUT2D eigenvalue weighted by Crippen LogP contribution is 2.03. The predicted octanol–water partition coefficient (Wildman–Crippen LogP) is 0.915. The Morgan fingerprint density at radius 3 is 2.53 bits per heavy atom. The van der Waals surface area contributed by atoms with E-state index in [9.17, 15) is 9.59 Å². The summed E-state index contributed by atoms with van der Waals surface area (Å²) in [6, 6.07) is -0.418. The molecule has 0 aromatic rings. The first-order valence-corrected chi connectivity index (χ1v) is 6.10. The van der Waals surface area contributed by atoms with Crippen LogP contribution < -0.4 is 5.73 Å². The Bertz CT molecular complexity index is 244. The zero-order valence-electron chi connectivity index (χ0n) is 11.1. The number of nitrogens with two attached hydrogens (primary N) is 1. The van der Waals surface area contributed by atoms with Crippen molar-refractivity contribution in [2.24, 2.45) is 5.73 Å². The lowest BCUT2D eigenvalue weighted by Crippen LogP contribution is -2.42. The summed E-state index contributed by atoms with van der Waals surface area (Å²) >= 11 is 0. The van der Waals surface area contributed by atoms with Crippen LogP contribution in [0.2, 0.25) is 0 Å². The minimum atomic E-state index is -0.418. The lowest BCUT2D eigenvalue weighted by atomic mass is 10.1. The summed E-state index contributed by atoms with van der Waals surface area (Å²) in [5, 5.41) is 0. The quantitative estimate of drug-likeness (QED) is 0.644. The van der Waals surface area contributed by atoms with E-state index in [0.717, 1.165) is 19.3 Å². The summed E-state index contributed by atoms with van der Waals surface area (Å²) in [6.45, 7) is 2.60. The van der Waals surface area contributed by atoms with Gasteiger partial charge in [-0.05, 0) is 12.8 Å². The SMILES string of the molecule is CCCC[C@H](N)C(=O)N(C)CCCC(=O)OC. The molecule has 0 spiro atoms. The average Bonchev–Trinajstić information content (AvgIpc) is 2.34. The molecule has 5 heteroatoms. The Kier molecular flexibility index (Phi) is 8.40. The number of hydrogen-bond donors (Lipinski definition) is 1. The Morgan fingerprint density at radius 1 is 1.35 bits per heavy atom. The van der Waals surface area contributed by atoms with Gasteiger partial charge >= 0.3 is 5.97 Å². The van der Waals surface area contributed by atoms with E-state index in [-0.39, 0.29) is 11.9 Å². The number of ether oxygens (including phenoxy) is 1. The molecular weight excluding hydrogens is 220 g/mol. The fraction of sp³-hybridized carbons (Fsp3) is 0.833. The van der Waals surface area contributed by atoms with Crippen molar-refractivity contribution in [2.45, 2.75) is 45.1 Å². The molecule has 0 heterocycles. The van der Waals surface area contributed by atoms with Crippen molar-refractivity contribution in [3.8, 4) is 0 Å². The molecule has 0 saturated carbocycles. The first-order valence-electron chi connectivity index (χ1n) is 6.10. The third-order valence-electron chi connectivity index (χ3n) is 2.66. The Balaban J connectivity index is 3.84. The molecule has 0 fully saturated rings. The molecule has 5 nitrogen and oxygen atoms in total. The maximum atomic E-state index is 11.8. The Labute approximate surface area is 103 Å². The maximum Gasteiger partial charge on any atom is 0.305 e. The third kappa shape index (κ3) is 6.94. The lowest BCUT2D eigenvalue weighted by Gasteiger charge is -2.21. The largest absolute Gasteiger partial charge is 0.469 e. The Hall–Kier alpha value is -1.10. The van der Waals surface area contributed by atoms with Crippen LogP contribution in [-0.2, 0) is 14.3 Å². The first-order chi connectivity index (χ1) is 8.02. The van der Waals surface area contributed by atoms with Crippen molar-refractivity contribution in [1.29, 1.82) is 0 Å². The summed E-state index contributed by atoms with van der Waals surface area (Å²) in [7, 11) is 3.07. The molecule has 0 aromatic heterocycles. The molecule has 1 atom stereocenters. The minimum absolute atomic E-state index is 0.0525. The molecule has 0 aliphatic rings. The molecule has 0 unspecified atom stereocenters. The number of esters is 1. The summed E-state index contributed by atoms with van der Waals surface area (Å²) in [5.41, 5.74) is 5.78. The molecule has 0 radical (unpaired) electrons. The van der Waals surface area contributed by atoms with Crippen LogP contribution in [0.15, 0.2) is 0 Å². The summed E-state index contributed by atoms with van der Waals surface area (Å²) in [4.78, 5) is 24.3. The Morgan fingerprint density at radius 2 is 2.00 bits per heavy atom. The van der Waals surface area contributed by atoms with Crippen molar-refractivity contribution in [3.05, 3.63) is 0 Å². The number of carbonyl (C=O) groups is 2. The number of hydrogen-bond acceptors (Lipinski definition) is 4. The van der Waals surface area contributed by atoms with Crippen molar-refractivity contribution in [3.63, 3.8) is 0 Å². The van der Waals surface area contributed by atoms with Gasteiger partial charge in [0.2, 0.25) is 5.91 Å². The number of rotatable bonds is 8. The molecule has 0 rings (SSSR count). The second kappa shape index (κ2) is 8.98. The van der Waals surface area contributed by atoms with E-state index in [1.165, 1.54) is 7.11 Å².